The van der Waals surface area contributed by atoms with Crippen LogP contribution in [0, 0.1) is 0 Å². The van der Waals surface area contributed by atoms with E-state index < -0.39 is 33.2 Å². The van der Waals surface area contributed by atoms with Gasteiger partial charge in [0.25, 0.3) is 0 Å². The summed E-state index contributed by atoms with van der Waals surface area (Å²) < 4.78 is 33.9. The van der Waals surface area contributed by atoms with Gasteiger partial charge in [0.1, 0.15) is 5.60 Å². The van der Waals surface area contributed by atoms with E-state index in [0.717, 1.165) is 32.1 Å². The van der Waals surface area contributed by atoms with Gasteiger partial charge in [-0.2, -0.15) is 5.10 Å². The molecule has 0 saturated heterocycles. The Hall–Kier alpha value is -2.14. The van der Waals surface area contributed by atoms with Crippen molar-refractivity contribution in [1.29, 1.82) is 0 Å². The highest BCUT2D eigenvalue weighted by Gasteiger charge is 2.35. The molecule has 0 aliphatic heterocycles. The number of hydrogen-bond acceptors (Lipinski definition) is 6. The molecule has 1 aromatic heterocycles. The van der Waals surface area contributed by atoms with Crippen molar-refractivity contribution in [2.45, 2.75) is 83.9 Å². The van der Waals surface area contributed by atoms with Gasteiger partial charge in [0.15, 0.2) is 11.4 Å². The number of nitrogens with zero attached hydrogens (tertiary/aromatic N) is 2. The molecule has 10 nitrogen and oxygen atoms in total. The molecule has 3 N–H and O–H groups in total. The minimum atomic E-state index is -3.45. The third-order valence-corrected chi connectivity index (χ3v) is 6.34. The summed E-state index contributed by atoms with van der Waals surface area (Å²) in [7, 11) is -3.45. The molecule has 2 rings (SSSR count). The van der Waals surface area contributed by atoms with Crippen molar-refractivity contribution in [1.82, 2.24) is 19.8 Å². The molecule has 0 unspecified atom stereocenters. The molecule has 1 aliphatic carbocycles. The molecule has 0 spiro atoms. The van der Waals surface area contributed by atoms with E-state index in [-0.39, 0.29) is 24.2 Å². The number of urea groups is 1. The van der Waals surface area contributed by atoms with E-state index in [1.165, 1.54) is 4.68 Å². The molecular formula is C20H35N5O5S. The highest BCUT2D eigenvalue weighted by Crippen LogP contribution is 2.21. The molecule has 11 heteroatoms. The maximum Gasteiger partial charge on any atom is 0.334 e. The van der Waals surface area contributed by atoms with Crippen molar-refractivity contribution in [2.75, 3.05) is 17.6 Å². The topological polar surface area (TPSA) is 131 Å². The first-order chi connectivity index (χ1) is 14.3. The predicted molar refractivity (Wildman–Crippen MR) is 118 cm³/mol. The maximum atomic E-state index is 12.4. The lowest BCUT2D eigenvalue weighted by Gasteiger charge is -2.28. The summed E-state index contributed by atoms with van der Waals surface area (Å²) in [6, 6.07) is 0.964. The van der Waals surface area contributed by atoms with E-state index in [9.17, 15) is 18.0 Å². The number of sulfonamides is 1. The third-order valence-electron chi connectivity index (χ3n) is 4.91. The number of ether oxygens (including phenoxy) is 1. The molecule has 0 atom stereocenters. The monoisotopic (exact) mass is 457 g/mol. The van der Waals surface area contributed by atoms with Crippen LogP contribution >= 0.6 is 0 Å². The lowest BCUT2D eigenvalue weighted by atomic mass is 9.96. The van der Waals surface area contributed by atoms with Crippen LogP contribution in [0.2, 0.25) is 0 Å². The minimum absolute atomic E-state index is 0.00938. The third kappa shape index (κ3) is 8.13. The largest absolute Gasteiger partial charge is 0.458 e. The number of rotatable bonds is 8. The number of carbonyl (C=O) groups excluding carboxylic acids is 2. The summed E-state index contributed by atoms with van der Waals surface area (Å²) in [5.74, 6) is -0.413. The lowest BCUT2D eigenvalue weighted by molar-refractivity contribution is -0.164. The quantitative estimate of drug-likeness (QED) is 0.514. The van der Waals surface area contributed by atoms with Gasteiger partial charge >= 0.3 is 12.0 Å². The number of nitrogens with one attached hydrogen (secondary N) is 3. The molecule has 0 radical (unpaired) electrons. The average molecular weight is 458 g/mol. The fourth-order valence-electron chi connectivity index (χ4n) is 3.19. The summed E-state index contributed by atoms with van der Waals surface area (Å²) in [5, 5.41) is 9.28. The minimum Gasteiger partial charge on any atom is -0.458 e. The molecule has 0 bridgehead atoms. The van der Waals surface area contributed by atoms with Gasteiger partial charge in [-0.1, -0.05) is 19.3 Å². The van der Waals surface area contributed by atoms with Gasteiger partial charge in [-0.05, 0) is 47.5 Å². The summed E-state index contributed by atoms with van der Waals surface area (Å²) in [6.45, 7) is 8.66. The van der Waals surface area contributed by atoms with Crippen LogP contribution in [-0.2, 0) is 25.1 Å². The van der Waals surface area contributed by atoms with Gasteiger partial charge in [-0.3, -0.25) is 10.00 Å². The fourth-order valence-corrected chi connectivity index (χ4v) is 4.42. The van der Waals surface area contributed by atoms with Crippen molar-refractivity contribution in [3.8, 4) is 0 Å². The van der Waals surface area contributed by atoms with E-state index in [1.807, 2.05) is 0 Å². The van der Waals surface area contributed by atoms with Crippen LogP contribution in [0.3, 0.4) is 0 Å². The van der Waals surface area contributed by atoms with Crippen molar-refractivity contribution in [3.05, 3.63) is 12.3 Å². The first-order valence-corrected chi connectivity index (χ1v) is 12.3. The molecule has 1 aromatic rings. The smallest absolute Gasteiger partial charge is 0.334 e. The summed E-state index contributed by atoms with van der Waals surface area (Å²) in [6.07, 6.45) is 6.49. The molecule has 176 valence electrons. The lowest BCUT2D eigenvalue weighted by Crippen LogP contribution is -2.42. The molecular weight excluding hydrogens is 422 g/mol. The number of carbonyl (C=O) groups is 2. The number of esters is 1. The Labute approximate surface area is 184 Å². The van der Waals surface area contributed by atoms with Gasteiger partial charge in [0, 0.05) is 24.8 Å². The second-order valence-electron chi connectivity index (χ2n) is 9.36. The van der Waals surface area contributed by atoms with Crippen LogP contribution in [0.25, 0.3) is 0 Å². The van der Waals surface area contributed by atoms with E-state index in [0.29, 0.717) is 0 Å². The zero-order valence-corrected chi connectivity index (χ0v) is 19.8. The number of hydrogen-bond donors (Lipinski definition) is 3. The van der Waals surface area contributed by atoms with E-state index in [4.69, 9.17) is 4.74 Å². The van der Waals surface area contributed by atoms with Gasteiger partial charge in [0.05, 0.1) is 5.75 Å². The Balaban J connectivity index is 1.82. The predicted octanol–water partition coefficient (Wildman–Crippen LogP) is 2.33. The SMILES string of the molecule is CC(C)(C)OC(=O)C(C)(C)n1ccc(NC(=O)NCCS(=O)(=O)NC2CCCCC2)n1. The van der Waals surface area contributed by atoms with E-state index in [2.05, 4.69) is 20.5 Å². The van der Waals surface area contributed by atoms with Crippen LogP contribution < -0.4 is 15.4 Å². The van der Waals surface area contributed by atoms with Crippen LogP contribution in [-0.4, -0.2) is 54.1 Å². The zero-order chi connectivity index (χ0) is 23.3. The first kappa shape index (κ1) is 25.1. The maximum absolute atomic E-state index is 12.4. The normalized spacial score (nSPS) is 16.0. The van der Waals surface area contributed by atoms with Gasteiger partial charge < -0.3 is 10.1 Å². The van der Waals surface area contributed by atoms with Crippen molar-refractivity contribution >= 4 is 27.8 Å². The summed E-state index contributed by atoms with van der Waals surface area (Å²) >= 11 is 0. The highest BCUT2D eigenvalue weighted by atomic mass is 32.2. The van der Waals surface area contributed by atoms with Gasteiger partial charge in [-0.15, -0.1) is 0 Å². The highest BCUT2D eigenvalue weighted by molar-refractivity contribution is 7.89. The van der Waals surface area contributed by atoms with Crippen LogP contribution in [0.1, 0.15) is 66.7 Å². The Bertz CT molecular complexity index is 867. The Morgan fingerprint density at radius 1 is 1.16 bits per heavy atom. The molecule has 1 fully saturated rings. The average Bonchev–Trinajstić information content (AvgIpc) is 3.09. The summed E-state index contributed by atoms with van der Waals surface area (Å²) in [5.41, 5.74) is -1.70. The first-order valence-electron chi connectivity index (χ1n) is 10.6. The summed E-state index contributed by atoms with van der Waals surface area (Å²) in [4.78, 5) is 24.5. The standard InChI is InChI=1S/C20H35N5O5S/c1-19(2,3)30-17(26)20(4,5)25-13-11-16(23-25)22-18(27)21-12-14-31(28,29)24-15-9-7-6-8-10-15/h11,13,15,24H,6-10,12,14H2,1-5H3,(H2,21,22,23,27). The van der Waals surface area contributed by atoms with Crippen molar-refractivity contribution in [2.24, 2.45) is 0 Å². The van der Waals surface area contributed by atoms with Crippen molar-refractivity contribution in [3.63, 3.8) is 0 Å². The van der Waals surface area contributed by atoms with Crippen molar-refractivity contribution < 1.29 is 22.7 Å². The molecule has 0 aromatic carbocycles. The molecule has 1 aliphatic rings. The fraction of sp³-hybridized carbons (Fsp3) is 0.750. The number of anilines is 1. The second-order valence-corrected chi connectivity index (χ2v) is 11.2. The Morgan fingerprint density at radius 2 is 1.81 bits per heavy atom. The van der Waals surface area contributed by atoms with Crippen LogP contribution in [0.5, 0.6) is 0 Å². The molecule has 1 saturated carbocycles. The van der Waals surface area contributed by atoms with E-state index >= 15 is 0 Å². The van der Waals surface area contributed by atoms with E-state index in [1.54, 1.807) is 46.9 Å². The second kappa shape index (κ2) is 9.99. The molecule has 31 heavy (non-hydrogen) atoms. The zero-order valence-electron chi connectivity index (χ0n) is 19.0. The Morgan fingerprint density at radius 3 is 2.42 bits per heavy atom. The number of amides is 2. The molecule has 2 amide bonds. The Kier molecular flexibility index (Phi) is 8.09. The number of aromatic nitrogens is 2. The van der Waals surface area contributed by atoms with Gasteiger partial charge in [0.2, 0.25) is 10.0 Å². The molecule has 1 heterocycles. The van der Waals surface area contributed by atoms with Gasteiger partial charge in [-0.25, -0.2) is 22.7 Å². The van der Waals surface area contributed by atoms with Crippen LogP contribution in [0.15, 0.2) is 12.3 Å². The van der Waals surface area contributed by atoms with Crippen LogP contribution in [0.4, 0.5) is 10.6 Å².